The molecule has 0 saturated heterocycles. The van der Waals surface area contributed by atoms with Gasteiger partial charge >= 0.3 is 0 Å². The van der Waals surface area contributed by atoms with E-state index in [-0.39, 0.29) is 0 Å². The van der Waals surface area contributed by atoms with E-state index in [1.165, 1.54) is 0 Å². The molecule has 0 bridgehead atoms. The summed E-state index contributed by atoms with van der Waals surface area (Å²) in [5.74, 6) is 0. The fourth-order valence-corrected chi connectivity index (χ4v) is 0.894. The van der Waals surface area contributed by atoms with Crippen LogP contribution < -0.4 is 0 Å². The highest BCUT2D eigenvalue weighted by atomic mass is 15.2. The summed E-state index contributed by atoms with van der Waals surface area (Å²) in [5, 5.41) is 16.0. The Kier molecular flexibility index (Phi) is 1.10. The Morgan fingerprint density at radius 3 is 3.18 bits per heavy atom. The zero-order valence-electron chi connectivity index (χ0n) is 5.60. The molecule has 0 aliphatic carbocycles. The molecular weight excluding hydrogens is 140 g/mol. The SMILES string of the molecule is N#Cc1ccc2nncn2c1. The Hall–Kier alpha value is -1.89. The van der Waals surface area contributed by atoms with Crippen molar-refractivity contribution in [3.8, 4) is 6.07 Å². The van der Waals surface area contributed by atoms with Crippen molar-refractivity contribution in [3.63, 3.8) is 0 Å². The monoisotopic (exact) mass is 144 g/mol. The lowest BCUT2D eigenvalue weighted by Gasteiger charge is -1.89. The molecular formula is C7H4N4. The van der Waals surface area contributed by atoms with E-state index in [1.807, 2.05) is 6.07 Å². The first kappa shape index (κ1) is 5.86. The zero-order valence-corrected chi connectivity index (χ0v) is 5.60. The second kappa shape index (κ2) is 2.06. The van der Waals surface area contributed by atoms with Gasteiger partial charge in [0, 0.05) is 6.20 Å². The maximum Gasteiger partial charge on any atom is 0.160 e. The van der Waals surface area contributed by atoms with Crippen molar-refractivity contribution in [3.05, 3.63) is 30.2 Å². The zero-order chi connectivity index (χ0) is 7.68. The molecule has 0 unspecified atom stereocenters. The highest BCUT2D eigenvalue weighted by Gasteiger charge is 1.94. The Morgan fingerprint density at radius 2 is 2.36 bits per heavy atom. The first-order valence-electron chi connectivity index (χ1n) is 3.09. The normalized spacial score (nSPS) is 9.73. The molecule has 0 spiro atoms. The van der Waals surface area contributed by atoms with E-state index in [9.17, 15) is 0 Å². The molecule has 52 valence electrons. The molecule has 0 amide bonds. The van der Waals surface area contributed by atoms with Crippen LogP contribution in [0.2, 0.25) is 0 Å². The van der Waals surface area contributed by atoms with Gasteiger partial charge in [-0.05, 0) is 12.1 Å². The molecule has 0 saturated carbocycles. The summed E-state index contributed by atoms with van der Waals surface area (Å²) in [4.78, 5) is 0. The highest BCUT2D eigenvalue weighted by Crippen LogP contribution is 2.00. The predicted octanol–water partition coefficient (Wildman–Crippen LogP) is 0.601. The van der Waals surface area contributed by atoms with Crippen LogP contribution in [0.4, 0.5) is 0 Å². The van der Waals surface area contributed by atoms with E-state index in [1.54, 1.807) is 29.1 Å². The third-order valence-electron chi connectivity index (χ3n) is 1.42. The fourth-order valence-electron chi connectivity index (χ4n) is 0.894. The lowest BCUT2D eigenvalue weighted by Crippen LogP contribution is -1.83. The highest BCUT2D eigenvalue weighted by molar-refractivity contribution is 5.40. The van der Waals surface area contributed by atoms with Gasteiger partial charge in [0.05, 0.1) is 5.56 Å². The molecule has 2 aromatic rings. The minimum absolute atomic E-state index is 0.609. The van der Waals surface area contributed by atoms with Crippen LogP contribution in [0, 0.1) is 11.3 Å². The molecule has 0 aliphatic rings. The van der Waals surface area contributed by atoms with Gasteiger partial charge in [-0.15, -0.1) is 10.2 Å². The number of nitrogens with zero attached hydrogens (tertiary/aromatic N) is 4. The molecule has 0 fully saturated rings. The van der Waals surface area contributed by atoms with Crippen LogP contribution in [0.3, 0.4) is 0 Å². The molecule has 2 heterocycles. The lowest BCUT2D eigenvalue weighted by molar-refractivity contribution is 1.10. The van der Waals surface area contributed by atoms with Gasteiger partial charge in [-0.25, -0.2) is 0 Å². The molecule has 4 heteroatoms. The van der Waals surface area contributed by atoms with Gasteiger partial charge in [0.15, 0.2) is 5.65 Å². The van der Waals surface area contributed by atoms with E-state index < -0.39 is 0 Å². The molecule has 0 N–H and O–H groups in total. The van der Waals surface area contributed by atoms with Crippen molar-refractivity contribution in [2.24, 2.45) is 0 Å². The molecule has 11 heavy (non-hydrogen) atoms. The standard InChI is InChI=1S/C7H4N4/c8-3-6-1-2-7-10-9-5-11(7)4-6/h1-2,4-5H. The smallest absolute Gasteiger partial charge is 0.160 e. The van der Waals surface area contributed by atoms with E-state index in [2.05, 4.69) is 10.2 Å². The van der Waals surface area contributed by atoms with Crippen LogP contribution in [-0.4, -0.2) is 14.6 Å². The topological polar surface area (TPSA) is 54.0 Å². The van der Waals surface area contributed by atoms with Crippen LogP contribution in [0.25, 0.3) is 5.65 Å². The summed E-state index contributed by atoms with van der Waals surface area (Å²) in [5.41, 5.74) is 1.36. The van der Waals surface area contributed by atoms with E-state index in [0.29, 0.717) is 5.56 Å². The first-order valence-corrected chi connectivity index (χ1v) is 3.09. The van der Waals surface area contributed by atoms with Gasteiger partial charge in [0.1, 0.15) is 12.4 Å². The Bertz CT molecular complexity index is 423. The molecule has 2 rings (SSSR count). The third kappa shape index (κ3) is 0.829. The average Bonchev–Trinajstić information content (AvgIpc) is 2.50. The molecule has 4 nitrogen and oxygen atoms in total. The second-order valence-electron chi connectivity index (χ2n) is 2.13. The maximum atomic E-state index is 8.53. The van der Waals surface area contributed by atoms with Crippen LogP contribution >= 0.6 is 0 Å². The first-order chi connectivity index (χ1) is 5.40. The van der Waals surface area contributed by atoms with E-state index in [0.717, 1.165) is 5.65 Å². The predicted molar refractivity (Wildman–Crippen MR) is 37.7 cm³/mol. The molecule has 0 atom stereocenters. The number of pyridine rings is 1. The number of hydrogen-bond acceptors (Lipinski definition) is 3. The van der Waals surface area contributed by atoms with Crippen molar-refractivity contribution in [2.45, 2.75) is 0 Å². The molecule has 0 aromatic carbocycles. The average molecular weight is 144 g/mol. The summed E-state index contributed by atoms with van der Waals surface area (Å²) < 4.78 is 1.71. The van der Waals surface area contributed by atoms with E-state index >= 15 is 0 Å². The fraction of sp³-hybridized carbons (Fsp3) is 0. The Labute approximate surface area is 62.7 Å². The summed E-state index contributed by atoms with van der Waals surface area (Å²) in [6.07, 6.45) is 3.26. The van der Waals surface area contributed by atoms with Gasteiger partial charge in [0.2, 0.25) is 0 Å². The molecule has 2 aromatic heterocycles. The summed E-state index contributed by atoms with van der Waals surface area (Å²) >= 11 is 0. The number of aromatic nitrogens is 3. The largest absolute Gasteiger partial charge is 0.288 e. The second-order valence-corrected chi connectivity index (χ2v) is 2.13. The van der Waals surface area contributed by atoms with Gasteiger partial charge in [-0.2, -0.15) is 5.26 Å². The summed E-state index contributed by atoms with van der Waals surface area (Å²) in [7, 11) is 0. The number of rotatable bonds is 0. The molecule has 0 radical (unpaired) electrons. The van der Waals surface area contributed by atoms with Crippen molar-refractivity contribution in [2.75, 3.05) is 0 Å². The van der Waals surface area contributed by atoms with Crippen molar-refractivity contribution >= 4 is 5.65 Å². The third-order valence-corrected chi connectivity index (χ3v) is 1.42. The van der Waals surface area contributed by atoms with Crippen molar-refractivity contribution < 1.29 is 0 Å². The minimum Gasteiger partial charge on any atom is -0.288 e. The summed E-state index contributed by atoms with van der Waals surface area (Å²) in [6.45, 7) is 0. The van der Waals surface area contributed by atoms with Gasteiger partial charge in [-0.3, -0.25) is 4.40 Å². The van der Waals surface area contributed by atoms with Crippen LogP contribution in [-0.2, 0) is 0 Å². The van der Waals surface area contributed by atoms with Crippen LogP contribution in [0.15, 0.2) is 24.7 Å². The Morgan fingerprint density at radius 1 is 1.45 bits per heavy atom. The van der Waals surface area contributed by atoms with Gasteiger partial charge < -0.3 is 0 Å². The summed E-state index contributed by atoms with van der Waals surface area (Å²) in [6, 6.07) is 5.50. The van der Waals surface area contributed by atoms with Crippen LogP contribution in [0.1, 0.15) is 5.56 Å². The van der Waals surface area contributed by atoms with Gasteiger partial charge in [0.25, 0.3) is 0 Å². The van der Waals surface area contributed by atoms with Gasteiger partial charge in [-0.1, -0.05) is 0 Å². The minimum atomic E-state index is 0.609. The number of nitriles is 1. The molecule has 0 aliphatic heterocycles. The number of fused-ring (bicyclic) bond motifs is 1. The number of hydrogen-bond donors (Lipinski definition) is 0. The van der Waals surface area contributed by atoms with E-state index in [4.69, 9.17) is 5.26 Å². The van der Waals surface area contributed by atoms with Crippen LogP contribution in [0.5, 0.6) is 0 Å². The Balaban J connectivity index is 2.79. The maximum absolute atomic E-state index is 8.53. The van der Waals surface area contributed by atoms with Crippen molar-refractivity contribution in [1.82, 2.24) is 14.6 Å². The lowest BCUT2D eigenvalue weighted by atomic mass is 10.3. The quantitative estimate of drug-likeness (QED) is 0.544. The van der Waals surface area contributed by atoms with Crippen molar-refractivity contribution in [1.29, 1.82) is 5.26 Å².